The summed E-state index contributed by atoms with van der Waals surface area (Å²) < 4.78 is 5.44. The van der Waals surface area contributed by atoms with E-state index in [1.165, 1.54) is 32.1 Å². The minimum Gasteiger partial charge on any atom is -0.380 e. The molecule has 2 fully saturated rings. The zero-order chi connectivity index (χ0) is 12.3. The van der Waals surface area contributed by atoms with Crippen molar-refractivity contribution in [3.63, 3.8) is 0 Å². The monoisotopic (exact) mass is 240 g/mol. The largest absolute Gasteiger partial charge is 0.380 e. The lowest BCUT2D eigenvalue weighted by Crippen LogP contribution is -2.55. The topological polar surface area (TPSA) is 24.5 Å². The summed E-state index contributed by atoms with van der Waals surface area (Å²) in [5.74, 6) is 0.868. The zero-order valence-electron chi connectivity index (χ0n) is 11.7. The molecule has 3 heteroatoms. The van der Waals surface area contributed by atoms with Crippen LogP contribution in [-0.4, -0.2) is 50.3 Å². The third kappa shape index (κ3) is 3.21. The van der Waals surface area contributed by atoms with Gasteiger partial charge in [-0.15, -0.1) is 0 Å². The SMILES string of the molecule is CC1CCCC(CNC2CCOC2)(N(C)C)C1. The molecule has 0 amide bonds. The molecule has 1 saturated heterocycles. The van der Waals surface area contributed by atoms with Gasteiger partial charge in [0.05, 0.1) is 6.61 Å². The smallest absolute Gasteiger partial charge is 0.0620 e. The molecule has 2 aliphatic rings. The van der Waals surface area contributed by atoms with E-state index in [4.69, 9.17) is 4.74 Å². The molecule has 3 atom stereocenters. The highest BCUT2D eigenvalue weighted by molar-refractivity contribution is 4.95. The third-order valence-corrected chi connectivity index (χ3v) is 4.67. The lowest BCUT2D eigenvalue weighted by Gasteiger charge is -2.46. The molecule has 1 aliphatic carbocycles. The van der Waals surface area contributed by atoms with E-state index in [9.17, 15) is 0 Å². The summed E-state index contributed by atoms with van der Waals surface area (Å²) in [5, 5.41) is 3.73. The van der Waals surface area contributed by atoms with Crippen LogP contribution in [0, 0.1) is 5.92 Å². The van der Waals surface area contributed by atoms with E-state index in [2.05, 4.69) is 31.2 Å². The van der Waals surface area contributed by atoms with Crippen LogP contribution in [0.15, 0.2) is 0 Å². The van der Waals surface area contributed by atoms with E-state index >= 15 is 0 Å². The number of ether oxygens (including phenoxy) is 1. The summed E-state index contributed by atoms with van der Waals surface area (Å²) in [5.41, 5.74) is 0.375. The molecule has 0 aromatic carbocycles. The molecule has 0 spiro atoms. The Morgan fingerprint density at radius 1 is 1.35 bits per heavy atom. The Morgan fingerprint density at radius 2 is 2.18 bits per heavy atom. The number of hydrogen-bond acceptors (Lipinski definition) is 3. The van der Waals surface area contributed by atoms with Crippen LogP contribution in [0.1, 0.15) is 39.0 Å². The minimum absolute atomic E-state index is 0.375. The Kier molecular flexibility index (Phi) is 4.45. The van der Waals surface area contributed by atoms with E-state index < -0.39 is 0 Å². The van der Waals surface area contributed by atoms with Crippen molar-refractivity contribution in [3.8, 4) is 0 Å². The molecule has 3 unspecified atom stereocenters. The quantitative estimate of drug-likeness (QED) is 0.812. The molecule has 0 radical (unpaired) electrons. The molecule has 1 aliphatic heterocycles. The van der Waals surface area contributed by atoms with Crippen molar-refractivity contribution in [2.75, 3.05) is 33.9 Å². The molecule has 2 rings (SSSR count). The van der Waals surface area contributed by atoms with Crippen LogP contribution in [-0.2, 0) is 4.74 Å². The van der Waals surface area contributed by atoms with Gasteiger partial charge in [0.25, 0.3) is 0 Å². The second-order valence-electron chi connectivity index (χ2n) is 6.26. The van der Waals surface area contributed by atoms with E-state index in [1.807, 2.05) is 0 Å². The highest BCUT2D eigenvalue weighted by Gasteiger charge is 2.37. The van der Waals surface area contributed by atoms with Gasteiger partial charge >= 0.3 is 0 Å². The van der Waals surface area contributed by atoms with Gasteiger partial charge < -0.3 is 15.0 Å². The van der Waals surface area contributed by atoms with Crippen molar-refractivity contribution in [3.05, 3.63) is 0 Å². The lowest BCUT2D eigenvalue weighted by molar-refractivity contribution is 0.0714. The summed E-state index contributed by atoms with van der Waals surface area (Å²) >= 11 is 0. The van der Waals surface area contributed by atoms with Crippen molar-refractivity contribution in [2.24, 2.45) is 5.92 Å². The summed E-state index contributed by atoms with van der Waals surface area (Å²) in [6.45, 7) is 5.36. The first-order valence-electron chi connectivity index (χ1n) is 7.11. The first-order chi connectivity index (χ1) is 8.12. The van der Waals surface area contributed by atoms with Crippen molar-refractivity contribution in [2.45, 2.75) is 50.6 Å². The summed E-state index contributed by atoms with van der Waals surface area (Å²) in [6, 6.07) is 0.587. The molecule has 0 bridgehead atoms. The van der Waals surface area contributed by atoms with Crippen LogP contribution in [0.3, 0.4) is 0 Å². The molecule has 100 valence electrons. The maximum Gasteiger partial charge on any atom is 0.0620 e. The Labute approximate surface area is 106 Å². The zero-order valence-corrected chi connectivity index (χ0v) is 11.7. The molecule has 1 saturated carbocycles. The highest BCUT2D eigenvalue weighted by Crippen LogP contribution is 2.35. The number of nitrogens with zero attached hydrogens (tertiary/aromatic N) is 1. The van der Waals surface area contributed by atoms with Gasteiger partial charge in [0.15, 0.2) is 0 Å². The Balaban J connectivity index is 1.91. The molecule has 17 heavy (non-hydrogen) atoms. The summed E-state index contributed by atoms with van der Waals surface area (Å²) in [4.78, 5) is 2.45. The number of hydrogen-bond donors (Lipinski definition) is 1. The average Bonchev–Trinajstić information content (AvgIpc) is 2.79. The van der Waals surface area contributed by atoms with Gasteiger partial charge in [0.2, 0.25) is 0 Å². The fourth-order valence-electron chi connectivity index (χ4n) is 3.39. The number of rotatable bonds is 4. The number of nitrogens with one attached hydrogen (secondary N) is 1. The van der Waals surface area contributed by atoms with E-state index in [0.29, 0.717) is 11.6 Å². The predicted molar refractivity (Wildman–Crippen MR) is 71.3 cm³/mol. The Morgan fingerprint density at radius 3 is 2.76 bits per heavy atom. The van der Waals surface area contributed by atoms with Gasteiger partial charge in [-0.25, -0.2) is 0 Å². The fraction of sp³-hybridized carbons (Fsp3) is 1.00. The van der Waals surface area contributed by atoms with Crippen LogP contribution in [0.5, 0.6) is 0 Å². The molecule has 3 nitrogen and oxygen atoms in total. The molecular weight excluding hydrogens is 212 g/mol. The normalized spacial score (nSPS) is 38.8. The van der Waals surface area contributed by atoms with Crippen LogP contribution in [0.25, 0.3) is 0 Å². The Hall–Kier alpha value is -0.120. The van der Waals surface area contributed by atoms with Crippen LogP contribution < -0.4 is 5.32 Å². The second kappa shape index (κ2) is 5.68. The third-order valence-electron chi connectivity index (χ3n) is 4.67. The fourth-order valence-corrected chi connectivity index (χ4v) is 3.39. The van der Waals surface area contributed by atoms with Crippen LogP contribution >= 0.6 is 0 Å². The summed E-state index contributed by atoms with van der Waals surface area (Å²) in [6.07, 6.45) is 6.63. The van der Waals surface area contributed by atoms with Crippen molar-refractivity contribution >= 4 is 0 Å². The second-order valence-corrected chi connectivity index (χ2v) is 6.26. The van der Waals surface area contributed by atoms with E-state index in [-0.39, 0.29) is 0 Å². The molecular formula is C14H28N2O. The van der Waals surface area contributed by atoms with Gasteiger partial charge in [-0.3, -0.25) is 0 Å². The molecule has 1 N–H and O–H groups in total. The first kappa shape index (κ1) is 13.3. The average molecular weight is 240 g/mol. The first-order valence-corrected chi connectivity index (χ1v) is 7.11. The molecule has 0 aromatic rings. The maximum atomic E-state index is 5.44. The Bertz CT molecular complexity index is 238. The van der Waals surface area contributed by atoms with Gasteiger partial charge in [-0.1, -0.05) is 19.8 Å². The molecule has 1 heterocycles. The van der Waals surface area contributed by atoms with Gasteiger partial charge in [-0.05, 0) is 39.3 Å². The van der Waals surface area contributed by atoms with Crippen molar-refractivity contribution < 1.29 is 4.74 Å². The van der Waals surface area contributed by atoms with E-state index in [1.54, 1.807) is 0 Å². The van der Waals surface area contributed by atoms with Crippen molar-refractivity contribution in [1.82, 2.24) is 10.2 Å². The number of likely N-dealkylation sites (N-methyl/N-ethyl adjacent to an activating group) is 1. The van der Waals surface area contributed by atoms with Crippen LogP contribution in [0.4, 0.5) is 0 Å². The van der Waals surface area contributed by atoms with Gasteiger partial charge in [-0.2, -0.15) is 0 Å². The standard InChI is InChI=1S/C14H28N2O/c1-12-5-4-7-14(9-12,16(2)3)11-15-13-6-8-17-10-13/h12-13,15H,4-11H2,1-3H3. The van der Waals surface area contributed by atoms with Gasteiger partial charge in [0, 0.05) is 24.7 Å². The lowest BCUT2D eigenvalue weighted by atomic mass is 9.75. The van der Waals surface area contributed by atoms with Crippen molar-refractivity contribution in [1.29, 1.82) is 0 Å². The highest BCUT2D eigenvalue weighted by atomic mass is 16.5. The summed E-state index contributed by atoms with van der Waals surface area (Å²) in [7, 11) is 4.48. The van der Waals surface area contributed by atoms with Crippen LogP contribution in [0.2, 0.25) is 0 Å². The predicted octanol–water partition coefficient (Wildman–Crippen LogP) is 1.88. The van der Waals surface area contributed by atoms with E-state index in [0.717, 1.165) is 25.7 Å². The molecule has 0 aromatic heterocycles. The van der Waals surface area contributed by atoms with Gasteiger partial charge in [0.1, 0.15) is 0 Å². The maximum absolute atomic E-state index is 5.44. The minimum atomic E-state index is 0.375.